The number of aliphatic hydroxyl groups excluding tert-OH is 1. The predicted molar refractivity (Wildman–Crippen MR) is 67.8 cm³/mol. The first kappa shape index (κ1) is 14.0. The number of hydrogen-bond acceptors (Lipinski definition) is 3. The molecule has 1 saturated carbocycles. The van der Waals surface area contributed by atoms with Crippen molar-refractivity contribution in [1.82, 2.24) is 5.32 Å². The minimum absolute atomic E-state index is 0. The zero-order chi connectivity index (χ0) is 11.6. The summed E-state index contributed by atoms with van der Waals surface area (Å²) >= 11 is 0. The van der Waals surface area contributed by atoms with E-state index >= 15 is 0 Å². The maximum absolute atomic E-state index is 11.5. The molecule has 5 heteroatoms. The van der Waals surface area contributed by atoms with Crippen molar-refractivity contribution in [2.45, 2.75) is 24.5 Å². The average molecular weight is 257 g/mol. The molecule has 1 fully saturated rings. The van der Waals surface area contributed by atoms with Crippen LogP contribution in [0.5, 0.6) is 0 Å². The van der Waals surface area contributed by atoms with Gasteiger partial charge >= 0.3 is 0 Å². The smallest absolute Gasteiger partial charge is 0.240 e. The van der Waals surface area contributed by atoms with Gasteiger partial charge in [0.05, 0.1) is 11.6 Å². The van der Waals surface area contributed by atoms with E-state index in [1.165, 1.54) is 0 Å². The largest absolute Gasteiger partial charge is 0.387 e. The number of rotatable bonds is 4. The topological polar surface area (TPSA) is 75.4 Å². The molecule has 0 aromatic heterocycles. The molecular weight excluding hydrogens is 240 g/mol. The first-order chi connectivity index (χ1) is 7.62. The van der Waals surface area contributed by atoms with Crippen molar-refractivity contribution in [3.63, 3.8) is 0 Å². The van der Waals surface area contributed by atoms with E-state index in [1.807, 2.05) is 30.3 Å². The Kier molecular flexibility index (Phi) is 4.51. The van der Waals surface area contributed by atoms with Gasteiger partial charge in [0.15, 0.2) is 0 Å². The van der Waals surface area contributed by atoms with Crippen molar-refractivity contribution in [2.75, 3.05) is 6.54 Å². The van der Waals surface area contributed by atoms with Gasteiger partial charge in [-0.3, -0.25) is 4.79 Å². The normalized spacial score (nSPS) is 17.8. The van der Waals surface area contributed by atoms with E-state index in [1.54, 1.807) is 0 Å². The number of amides is 1. The monoisotopic (exact) mass is 256 g/mol. The van der Waals surface area contributed by atoms with Crippen LogP contribution in [0.25, 0.3) is 0 Å². The van der Waals surface area contributed by atoms with E-state index in [4.69, 9.17) is 5.73 Å². The molecule has 0 heterocycles. The molecule has 1 unspecified atom stereocenters. The summed E-state index contributed by atoms with van der Waals surface area (Å²) in [6.07, 6.45) is 0.799. The van der Waals surface area contributed by atoms with Gasteiger partial charge in [-0.2, -0.15) is 0 Å². The quantitative estimate of drug-likeness (QED) is 0.744. The minimum Gasteiger partial charge on any atom is -0.387 e. The second-order valence-electron chi connectivity index (χ2n) is 4.29. The van der Waals surface area contributed by atoms with Gasteiger partial charge in [0, 0.05) is 6.54 Å². The first-order valence-corrected chi connectivity index (χ1v) is 5.42. The average Bonchev–Trinajstić information content (AvgIpc) is 3.06. The summed E-state index contributed by atoms with van der Waals surface area (Å²) in [6.45, 7) is 0.210. The van der Waals surface area contributed by atoms with Crippen molar-refractivity contribution in [2.24, 2.45) is 5.73 Å². The van der Waals surface area contributed by atoms with E-state index in [-0.39, 0.29) is 24.9 Å². The molecule has 1 atom stereocenters. The van der Waals surface area contributed by atoms with Crippen LogP contribution in [-0.2, 0) is 4.79 Å². The molecule has 0 bridgehead atoms. The van der Waals surface area contributed by atoms with Crippen molar-refractivity contribution < 1.29 is 9.90 Å². The lowest BCUT2D eigenvalue weighted by Crippen LogP contribution is -2.44. The predicted octanol–water partition coefficient (Wildman–Crippen LogP) is 0.749. The Labute approximate surface area is 107 Å². The van der Waals surface area contributed by atoms with Crippen LogP contribution in [0.4, 0.5) is 0 Å². The number of aliphatic hydroxyl groups is 1. The lowest BCUT2D eigenvalue weighted by atomic mass is 10.1. The highest BCUT2D eigenvalue weighted by molar-refractivity contribution is 5.88. The van der Waals surface area contributed by atoms with Gasteiger partial charge in [0.2, 0.25) is 5.91 Å². The SMILES string of the molecule is Cl.NC1(C(=O)NCC(O)c2ccccc2)CC1. The van der Waals surface area contributed by atoms with Crippen LogP contribution in [0.1, 0.15) is 24.5 Å². The van der Waals surface area contributed by atoms with Gasteiger partial charge in [-0.05, 0) is 18.4 Å². The van der Waals surface area contributed by atoms with Crippen LogP contribution >= 0.6 is 12.4 Å². The molecule has 1 aliphatic carbocycles. The summed E-state index contributed by atoms with van der Waals surface area (Å²) in [5.74, 6) is -0.164. The minimum atomic E-state index is -0.674. The number of carbonyl (C=O) groups excluding carboxylic acids is 1. The summed E-state index contributed by atoms with van der Waals surface area (Å²) in [5.41, 5.74) is 5.85. The van der Waals surface area contributed by atoms with Crippen LogP contribution in [0.15, 0.2) is 30.3 Å². The third-order valence-electron chi connectivity index (χ3n) is 2.88. The Morgan fingerprint density at radius 1 is 1.41 bits per heavy atom. The standard InChI is InChI=1S/C12H16N2O2.ClH/c13-12(6-7-12)11(16)14-8-10(15)9-4-2-1-3-5-9;/h1-5,10,15H,6-8,13H2,(H,14,16);1H. The highest BCUT2D eigenvalue weighted by Crippen LogP contribution is 2.32. The molecular formula is C12H17ClN2O2. The van der Waals surface area contributed by atoms with E-state index in [0.29, 0.717) is 0 Å². The summed E-state index contributed by atoms with van der Waals surface area (Å²) < 4.78 is 0. The number of halogens is 1. The molecule has 4 N–H and O–H groups in total. The molecule has 0 radical (unpaired) electrons. The molecule has 1 aromatic carbocycles. The molecule has 0 saturated heterocycles. The Bertz CT molecular complexity index is 379. The number of carbonyl (C=O) groups is 1. The lowest BCUT2D eigenvalue weighted by Gasteiger charge is -2.14. The number of benzene rings is 1. The molecule has 1 amide bonds. The van der Waals surface area contributed by atoms with Crippen molar-refractivity contribution in [3.8, 4) is 0 Å². The van der Waals surface area contributed by atoms with Crippen LogP contribution in [0.3, 0.4) is 0 Å². The summed E-state index contributed by atoms with van der Waals surface area (Å²) in [4.78, 5) is 11.5. The van der Waals surface area contributed by atoms with Gasteiger partial charge in [-0.25, -0.2) is 0 Å². The summed E-state index contributed by atoms with van der Waals surface area (Å²) in [6, 6.07) is 9.24. The van der Waals surface area contributed by atoms with Crippen LogP contribution in [0, 0.1) is 0 Å². The van der Waals surface area contributed by atoms with Crippen LogP contribution in [-0.4, -0.2) is 23.1 Å². The second-order valence-corrected chi connectivity index (χ2v) is 4.29. The van der Waals surface area contributed by atoms with Gasteiger partial charge in [0.1, 0.15) is 0 Å². The Morgan fingerprint density at radius 3 is 2.53 bits per heavy atom. The number of hydrogen-bond donors (Lipinski definition) is 3. The maximum atomic E-state index is 11.5. The Balaban J connectivity index is 0.00000144. The molecule has 94 valence electrons. The molecule has 1 aliphatic rings. The van der Waals surface area contributed by atoms with Crippen molar-refractivity contribution >= 4 is 18.3 Å². The first-order valence-electron chi connectivity index (χ1n) is 5.42. The van der Waals surface area contributed by atoms with Crippen molar-refractivity contribution in [1.29, 1.82) is 0 Å². The summed E-state index contributed by atoms with van der Waals surface area (Å²) in [7, 11) is 0. The molecule has 0 aliphatic heterocycles. The Hall–Kier alpha value is -1.10. The molecule has 2 rings (SSSR count). The second kappa shape index (κ2) is 5.49. The van der Waals surface area contributed by atoms with Gasteiger partial charge in [-0.15, -0.1) is 12.4 Å². The number of nitrogens with two attached hydrogens (primary N) is 1. The highest BCUT2D eigenvalue weighted by atomic mass is 35.5. The van der Waals surface area contributed by atoms with Gasteiger partial charge in [0.25, 0.3) is 0 Å². The fourth-order valence-electron chi connectivity index (χ4n) is 1.52. The third-order valence-corrected chi connectivity index (χ3v) is 2.88. The fraction of sp³-hybridized carbons (Fsp3) is 0.417. The fourth-order valence-corrected chi connectivity index (χ4v) is 1.52. The van der Waals surface area contributed by atoms with E-state index < -0.39 is 11.6 Å². The molecule has 0 spiro atoms. The highest BCUT2D eigenvalue weighted by Gasteiger charge is 2.45. The van der Waals surface area contributed by atoms with Gasteiger partial charge in [-0.1, -0.05) is 30.3 Å². The van der Waals surface area contributed by atoms with E-state index in [9.17, 15) is 9.90 Å². The maximum Gasteiger partial charge on any atom is 0.240 e. The third kappa shape index (κ3) is 3.43. The molecule has 4 nitrogen and oxygen atoms in total. The zero-order valence-electron chi connectivity index (χ0n) is 9.43. The van der Waals surface area contributed by atoms with Crippen molar-refractivity contribution in [3.05, 3.63) is 35.9 Å². The van der Waals surface area contributed by atoms with Gasteiger partial charge < -0.3 is 16.2 Å². The number of nitrogens with one attached hydrogen (secondary N) is 1. The molecule has 1 aromatic rings. The lowest BCUT2D eigenvalue weighted by molar-refractivity contribution is -0.123. The van der Waals surface area contributed by atoms with E-state index in [2.05, 4.69) is 5.32 Å². The van der Waals surface area contributed by atoms with E-state index in [0.717, 1.165) is 18.4 Å². The zero-order valence-corrected chi connectivity index (χ0v) is 10.2. The van der Waals surface area contributed by atoms with Crippen LogP contribution in [0.2, 0.25) is 0 Å². The van der Waals surface area contributed by atoms with Crippen LogP contribution < -0.4 is 11.1 Å². The summed E-state index contributed by atoms with van der Waals surface area (Å²) in [5, 5.41) is 12.5. The molecule has 17 heavy (non-hydrogen) atoms. The Morgan fingerprint density at radius 2 is 2.00 bits per heavy atom.